The minimum atomic E-state index is -0.123. The van der Waals surface area contributed by atoms with Gasteiger partial charge in [0.15, 0.2) is 0 Å². The van der Waals surface area contributed by atoms with Gasteiger partial charge in [0.05, 0.1) is 0 Å². The molecule has 3 nitrogen and oxygen atoms in total. The maximum atomic E-state index is 12.5. The number of hydrogen-bond donors (Lipinski definition) is 2. The molecule has 1 heterocycles. The summed E-state index contributed by atoms with van der Waals surface area (Å²) in [5.74, 6) is 0. The summed E-state index contributed by atoms with van der Waals surface area (Å²) in [6.07, 6.45) is 0. The van der Waals surface area contributed by atoms with E-state index < -0.39 is 0 Å². The van der Waals surface area contributed by atoms with Crippen molar-refractivity contribution in [2.45, 2.75) is 19.9 Å². The maximum Gasteiger partial charge on any atom is 0.272 e. The fourth-order valence-corrected chi connectivity index (χ4v) is 2.77. The summed E-state index contributed by atoms with van der Waals surface area (Å²) in [6.45, 7) is 4.02. The second kappa shape index (κ2) is 5.85. The van der Waals surface area contributed by atoms with Crippen LogP contribution in [0.15, 0.2) is 53.3 Å². The summed E-state index contributed by atoms with van der Waals surface area (Å²) in [5, 5.41) is 4.84. The van der Waals surface area contributed by atoms with Gasteiger partial charge in [0.2, 0.25) is 0 Å². The molecular weight excluding hydrogens is 296 g/mol. The second-order valence-electron chi connectivity index (χ2n) is 5.56. The first-order chi connectivity index (χ1) is 10.6. The van der Waals surface area contributed by atoms with Crippen molar-refractivity contribution in [3.8, 4) is 11.1 Å². The van der Waals surface area contributed by atoms with Gasteiger partial charge in [0.25, 0.3) is 5.56 Å². The lowest BCUT2D eigenvalue weighted by atomic mass is 9.99. The Kier molecular flexibility index (Phi) is 3.90. The van der Waals surface area contributed by atoms with Gasteiger partial charge in [0, 0.05) is 27.5 Å². The van der Waals surface area contributed by atoms with Crippen molar-refractivity contribution in [2.24, 2.45) is 0 Å². The molecule has 112 valence electrons. The molecule has 0 amide bonds. The van der Waals surface area contributed by atoms with Crippen LogP contribution in [-0.4, -0.2) is 11.0 Å². The molecule has 0 radical (unpaired) electrons. The number of H-pyrrole nitrogens is 1. The van der Waals surface area contributed by atoms with Crippen molar-refractivity contribution in [3.05, 3.63) is 63.9 Å². The van der Waals surface area contributed by atoms with Gasteiger partial charge >= 0.3 is 0 Å². The molecule has 3 aromatic rings. The maximum absolute atomic E-state index is 12.5. The first-order valence-corrected chi connectivity index (χ1v) is 7.61. The van der Waals surface area contributed by atoms with Crippen LogP contribution in [0.2, 0.25) is 5.02 Å². The highest BCUT2D eigenvalue weighted by molar-refractivity contribution is 6.31. The number of aromatic nitrogens is 1. The third kappa shape index (κ3) is 2.72. The van der Waals surface area contributed by atoms with Crippen LogP contribution in [-0.2, 0) is 0 Å². The SMILES string of the molecule is CC(C)Nc1c(-c2ccccc2)c2cc(Cl)ccc2[nH]c1=O. The van der Waals surface area contributed by atoms with Crippen LogP contribution in [0.4, 0.5) is 5.69 Å². The molecule has 0 saturated heterocycles. The van der Waals surface area contributed by atoms with Crippen molar-refractivity contribution >= 4 is 28.2 Å². The zero-order chi connectivity index (χ0) is 15.7. The number of rotatable bonds is 3. The number of benzene rings is 2. The average Bonchev–Trinajstić information content (AvgIpc) is 2.49. The van der Waals surface area contributed by atoms with E-state index in [1.165, 1.54) is 0 Å². The molecule has 0 saturated carbocycles. The monoisotopic (exact) mass is 312 g/mol. The molecule has 3 rings (SSSR count). The molecule has 0 aliphatic heterocycles. The fourth-order valence-electron chi connectivity index (χ4n) is 2.60. The Bertz CT molecular complexity index is 869. The van der Waals surface area contributed by atoms with Crippen LogP contribution in [0.5, 0.6) is 0 Å². The lowest BCUT2D eigenvalue weighted by Crippen LogP contribution is -2.20. The second-order valence-corrected chi connectivity index (χ2v) is 6.00. The molecule has 0 aliphatic rings. The summed E-state index contributed by atoms with van der Waals surface area (Å²) in [5.41, 5.74) is 3.11. The van der Waals surface area contributed by atoms with Gasteiger partial charge in [-0.05, 0) is 37.6 Å². The summed E-state index contributed by atoms with van der Waals surface area (Å²) < 4.78 is 0. The molecule has 0 unspecified atom stereocenters. The largest absolute Gasteiger partial charge is 0.378 e. The molecule has 2 aromatic carbocycles. The van der Waals surface area contributed by atoms with Gasteiger partial charge in [-0.2, -0.15) is 0 Å². The number of anilines is 1. The Morgan fingerprint density at radius 1 is 1.09 bits per heavy atom. The van der Waals surface area contributed by atoms with E-state index in [0.717, 1.165) is 22.0 Å². The predicted octanol–water partition coefficient (Wildman–Crippen LogP) is 4.67. The number of hydrogen-bond acceptors (Lipinski definition) is 2. The van der Waals surface area contributed by atoms with E-state index in [-0.39, 0.29) is 11.6 Å². The lowest BCUT2D eigenvalue weighted by molar-refractivity contribution is 0.896. The molecule has 0 aliphatic carbocycles. The van der Waals surface area contributed by atoms with Crippen LogP contribution >= 0.6 is 11.6 Å². The standard InChI is InChI=1S/C18H17ClN2O/c1-11(2)20-17-16(12-6-4-3-5-7-12)14-10-13(19)8-9-15(14)21-18(17)22/h3-11,20H,1-2H3,(H,21,22). The van der Waals surface area contributed by atoms with E-state index in [9.17, 15) is 4.79 Å². The zero-order valence-corrected chi connectivity index (χ0v) is 13.2. The van der Waals surface area contributed by atoms with Crippen LogP contribution in [0.1, 0.15) is 13.8 Å². The number of halogens is 1. The summed E-state index contributed by atoms with van der Waals surface area (Å²) in [6, 6.07) is 15.6. The Morgan fingerprint density at radius 3 is 2.50 bits per heavy atom. The molecule has 4 heteroatoms. The molecule has 1 aromatic heterocycles. The average molecular weight is 313 g/mol. The molecule has 0 bridgehead atoms. The molecule has 0 spiro atoms. The number of fused-ring (bicyclic) bond motifs is 1. The summed E-state index contributed by atoms with van der Waals surface area (Å²) in [4.78, 5) is 15.4. The van der Waals surface area contributed by atoms with Crippen LogP contribution in [0.25, 0.3) is 22.0 Å². The van der Waals surface area contributed by atoms with Gasteiger partial charge in [-0.1, -0.05) is 41.9 Å². The van der Waals surface area contributed by atoms with Gasteiger partial charge in [0.1, 0.15) is 5.69 Å². The van der Waals surface area contributed by atoms with Gasteiger partial charge in [-0.15, -0.1) is 0 Å². The Hall–Kier alpha value is -2.26. The molecule has 22 heavy (non-hydrogen) atoms. The topological polar surface area (TPSA) is 44.9 Å². The van der Waals surface area contributed by atoms with E-state index in [0.29, 0.717) is 10.7 Å². The van der Waals surface area contributed by atoms with E-state index in [4.69, 9.17) is 11.6 Å². The third-order valence-corrected chi connectivity index (χ3v) is 3.71. The molecule has 0 fully saturated rings. The molecular formula is C18H17ClN2O. The lowest BCUT2D eigenvalue weighted by Gasteiger charge is -2.16. The van der Waals surface area contributed by atoms with E-state index in [1.54, 1.807) is 6.07 Å². The van der Waals surface area contributed by atoms with E-state index in [2.05, 4.69) is 10.3 Å². The van der Waals surface area contributed by atoms with Crippen LogP contribution in [0.3, 0.4) is 0 Å². The van der Waals surface area contributed by atoms with Crippen molar-refractivity contribution in [1.29, 1.82) is 0 Å². The Labute approximate surface area is 133 Å². The number of pyridine rings is 1. The smallest absolute Gasteiger partial charge is 0.272 e. The normalized spacial score (nSPS) is 11.1. The highest BCUT2D eigenvalue weighted by atomic mass is 35.5. The summed E-state index contributed by atoms with van der Waals surface area (Å²) in [7, 11) is 0. The van der Waals surface area contributed by atoms with Crippen molar-refractivity contribution in [2.75, 3.05) is 5.32 Å². The van der Waals surface area contributed by atoms with E-state index >= 15 is 0 Å². The van der Waals surface area contributed by atoms with Gasteiger partial charge < -0.3 is 10.3 Å². The predicted molar refractivity (Wildman–Crippen MR) is 93.8 cm³/mol. The summed E-state index contributed by atoms with van der Waals surface area (Å²) >= 11 is 6.16. The quantitative estimate of drug-likeness (QED) is 0.738. The van der Waals surface area contributed by atoms with Crippen LogP contribution in [0, 0.1) is 0 Å². The molecule has 0 atom stereocenters. The number of nitrogens with one attached hydrogen (secondary N) is 2. The minimum Gasteiger partial charge on any atom is -0.378 e. The Morgan fingerprint density at radius 2 is 1.82 bits per heavy atom. The van der Waals surface area contributed by atoms with Crippen molar-refractivity contribution < 1.29 is 0 Å². The van der Waals surface area contributed by atoms with Crippen LogP contribution < -0.4 is 10.9 Å². The Balaban J connectivity index is 2.42. The zero-order valence-electron chi connectivity index (χ0n) is 12.5. The first-order valence-electron chi connectivity index (χ1n) is 7.24. The molecule has 2 N–H and O–H groups in total. The minimum absolute atomic E-state index is 0.123. The third-order valence-electron chi connectivity index (χ3n) is 3.47. The first kappa shape index (κ1) is 14.7. The highest BCUT2D eigenvalue weighted by Crippen LogP contribution is 2.33. The van der Waals surface area contributed by atoms with Gasteiger partial charge in [-0.25, -0.2) is 0 Å². The fraction of sp³-hybridized carbons (Fsp3) is 0.167. The highest BCUT2D eigenvalue weighted by Gasteiger charge is 2.15. The van der Waals surface area contributed by atoms with Crippen molar-refractivity contribution in [1.82, 2.24) is 4.98 Å². The van der Waals surface area contributed by atoms with Crippen molar-refractivity contribution in [3.63, 3.8) is 0 Å². The van der Waals surface area contributed by atoms with E-state index in [1.807, 2.05) is 56.3 Å². The number of aromatic amines is 1. The van der Waals surface area contributed by atoms with Gasteiger partial charge in [-0.3, -0.25) is 4.79 Å².